The number of para-hydroxylation sites is 1. The molecule has 0 spiro atoms. The van der Waals surface area contributed by atoms with Crippen LogP contribution in [0.5, 0.6) is 0 Å². The number of nitrogens with zero attached hydrogens (tertiary/aromatic N) is 2. The van der Waals surface area contributed by atoms with Crippen LogP contribution < -0.4 is 0 Å². The molecule has 0 unspecified atom stereocenters. The van der Waals surface area contributed by atoms with Crippen LogP contribution >= 0.6 is 0 Å². The number of hydrogen-bond acceptors (Lipinski definition) is 2. The lowest BCUT2D eigenvalue weighted by Gasteiger charge is -2.35. The SMILES string of the molecule is CN1[C@@H]2CC[C@H]1C=C(N(CCc1c[nH]c3ccccc13)C(=O)c1ccccc1)C2. The summed E-state index contributed by atoms with van der Waals surface area (Å²) in [6.07, 6.45) is 8.63. The van der Waals surface area contributed by atoms with Gasteiger partial charge in [0.1, 0.15) is 0 Å². The number of benzene rings is 2. The number of fused-ring (bicyclic) bond motifs is 3. The average molecular weight is 386 g/mol. The van der Waals surface area contributed by atoms with E-state index in [1.165, 1.54) is 29.5 Å². The summed E-state index contributed by atoms with van der Waals surface area (Å²) in [6, 6.07) is 19.1. The Morgan fingerprint density at radius 2 is 1.90 bits per heavy atom. The summed E-state index contributed by atoms with van der Waals surface area (Å²) in [6.45, 7) is 0.699. The van der Waals surface area contributed by atoms with Crippen molar-refractivity contribution in [1.82, 2.24) is 14.8 Å². The monoisotopic (exact) mass is 385 g/mol. The molecule has 3 aromatic rings. The van der Waals surface area contributed by atoms with Crippen molar-refractivity contribution < 1.29 is 4.79 Å². The molecule has 1 aromatic heterocycles. The van der Waals surface area contributed by atoms with Crippen LogP contribution in [0.1, 0.15) is 35.2 Å². The van der Waals surface area contributed by atoms with Crippen molar-refractivity contribution in [2.75, 3.05) is 13.6 Å². The number of carbonyl (C=O) groups is 1. The number of rotatable bonds is 5. The Kier molecular flexibility index (Phi) is 4.72. The molecule has 0 saturated carbocycles. The third-order valence-corrected chi connectivity index (χ3v) is 6.62. The van der Waals surface area contributed by atoms with Gasteiger partial charge in [-0.3, -0.25) is 9.69 Å². The zero-order chi connectivity index (χ0) is 19.8. The van der Waals surface area contributed by atoms with Crippen LogP contribution in [-0.2, 0) is 6.42 Å². The Labute approximate surface area is 171 Å². The van der Waals surface area contributed by atoms with Crippen LogP contribution in [0.4, 0.5) is 0 Å². The minimum Gasteiger partial charge on any atom is -0.361 e. The molecule has 2 aliphatic rings. The van der Waals surface area contributed by atoms with Crippen molar-refractivity contribution >= 4 is 16.8 Å². The molecule has 3 heterocycles. The second-order valence-electron chi connectivity index (χ2n) is 8.26. The maximum absolute atomic E-state index is 13.4. The maximum Gasteiger partial charge on any atom is 0.258 e. The van der Waals surface area contributed by atoms with Crippen molar-refractivity contribution in [3.05, 3.63) is 83.7 Å². The van der Waals surface area contributed by atoms with Crippen LogP contribution in [0.25, 0.3) is 10.9 Å². The normalized spacial score (nSPS) is 21.3. The lowest BCUT2D eigenvalue weighted by Crippen LogP contribution is -2.41. The summed E-state index contributed by atoms with van der Waals surface area (Å²) >= 11 is 0. The Morgan fingerprint density at radius 1 is 1.10 bits per heavy atom. The van der Waals surface area contributed by atoms with E-state index in [-0.39, 0.29) is 5.91 Å². The van der Waals surface area contributed by atoms with Gasteiger partial charge in [0.05, 0.1) is 0 Å². The molecule has 1 saturated heterocycles. The van der Waals surface area contributed by atoms with Crippen molar-refractivity contribution in [3.63, 3.8) is 0 Å². The molecule has 4 heteroatoms. The first-order chi connectivity index (χ1) is 14.2. The summed E-state index contributed by atoms with van der Waals surface area (Å²) in [5, 5.41) is 1.25. The molecule has 0 aliphatic carbocycles. The Bertz CT molecular complexity index is 1050. The predicted octanol–water partition coefficient (Wildman–Crippen LogP) is 4.60. The van der Waals surface area contributed by atoms with Crippen molar-refractivity contribution in [2.24, 2.45) is 0 Å². The molecule has 148 valence electrons. The van der Waals surface area contributed by atoms with E-state index in [4.69, 9.17) is 0 Å². The molecule has 5 rings (SSSR count). The summed E-state index contributed by atoms with van der Waals surface area (Å²) in [5.41, 5.74) is 4.38. The number of likely N-dealkylation sites (N-methyl/N-ethyl adjacent to an activating group) is 1. The lowest BCUT2D eigenvalue weighted by molar-refractivity contribution is 0.0788. The fourth-order valence-corrected chi connectivity index (χ4v) is 4.90. The number of nitrogens with one attached hydrogen (secondary N) is 1. The fourth-order valence-electron chi connectivity index (χ4n) is 4.90. The predicted molar refractivity (Wildman–Crippen MR) is 117 cm³/mol. The van der Waals surface area contributed by atoms with E-state index in [0.29, 0.717) is 18.6 Å². The summed E-state index contributed by atoms with van der Waals surface area (Å²) in [7, 11) is 2.21. The van der Waals surface area contributed by atoms with E-state index in [0.717, 1.165) is 23.9 Å². The summed E-state index contributed by atoms with van der Waals surface area (Å²) in [5.74, 6) is 0.112. The second kappa shape index (κ2) is 7.53. The van der Waals surface area contributed by atoms with E-state index >= 15 is 0 Å². The van der Waals surface area contributed by atoms with Gasteiger partial charge in [0.2, 0.25) is 0 Å². The molecular formula is C25H27N3O. The van der Waals surface area contributed by atoms with Crippen molar-refractivity contribution in [1.29, 1.82) is 0 Å². The molecule has 2 aliphatic heterocycles. The second-order valence-corrected chi connectivity index (χ2v) is 8.26. The lowest BCUT2D eigenvalue weighted by atomic mass is 10.0. The van der Waals surface area contributed by atoms with Crippen LogP contribution in [0.2, 0.25) is 0 Å². The highest BCUT2D eigenvalue weighted by molar-refractivity contribution is 5.95. The third-order valence-electron chi connectivity index (χ3n) is 6.62. The van der Waals surface area contributed by atoms with Gasteiger partial charge in [-0.2, -0.15) is 0 Å². The average Bonchev–Trinajstić information content (AvgIpc) is 3.24. The van der Waals surface area contributed by atoms with Crippen LogP contribution in [0.3, 0.4) is 0 Å². The molecule has 1 fully saturated rings. The topological polar surface area (TPSA) is 39.3 Å². The molecule has 2 atom stereocenters. The quantitative estimate of drug-likeness (QED) is 0.697. The first-order valence-corrected chi connectivity index (χ1v) is 10.6. The van der Waals surface area contributed by atoms with Gasteiger partial charge in [-0.25, -0.2) is 0 Å². The summed E-state index contributed by atoms with van der Waals surface area (Å²) < 4.78 is 0. The van der Waals surface area contributed by atoms with E-state index in [1.54, 1.807) is 0 Å². The zero-order valence-corrected chi connectivity index (χ0v) is 16.8. The molecule has 1 amide bonds. The van der Waals surface area contributed by atoms with Gasteiger partial charge < -0.3 is 9.88 Å². The number of aromatic nitrogens is 1. The van der Waals surface area contributed by atoms with Crippen LogP contribution in [0, 0.1) is 0 Å². The van der Waals surface area contributed by atoms with Gasteiger partial charge in [0, 0.05) is 53.4 Å². The third kappa shape index (κ3) is 3.38. The maximum atomic E-state index is 13.4. The zero-order valence-electron chi connectivity index (χ0n) is 16.8. The number of aromatic amines is 1. The highest BCUT2D eigenvalue weighted by Gasteiger charge is 2.36. The van der Waals surface area contributed by atoms with Gasteiger partial charge in [-0.15, -0.1) is 0 Å². The van der Waals surface area contributed by atoms with Crippen molar-refractivity contribution in [3.8, 4) is 0 Å². The Hall–Kier alpha value is -2.85. The molecule has 29 heavy (non-hydrogen) atoms. The fraction of sp³-hybridized carbons (Fsp3) is 0.320. The van der Waals surface area contributed by atoms with Crippen molar-refractivity contribution in [2.45, 2.75) is 37.8 Å². The first-order valence-electron chi connectivity index (χ1n) is 10.6. The molecular weight excluding hydrogens is 358 g/mol. The van der Waals surface area contributed by atoms with E-state index in [2.05, 4.69) is 47.4 Å². The van der Waals surface area contributed by atoms with Gasteiger partial charge in [-0.1, -0.05) is 36.4 Å². The minimum absolute atomic E-state index is 0.112. The first kappa shape index (κ1) is 18.2. The van der Waals surface area contributed by atoms with Gasteiger partial charge >= 0.3 is 0 Å². The Morgan fingerprint density at radius 3 is 2.72 bits per heavy atom. The number of amides is 1. The largest absolute Gasteiger partial charge is 0.361 e. The highest BCUT2D eigenvalue weighted by atomic mass is 16.2. The smallest absolute Gasteiger partial charge is 0.258 e. The number of carbonyl (C=O) groups excluding carboxylic acids is 1. The number of H-pyrrole nitrogens is 1. The highest BCUT2D eigenvalue weighted by Crippen LogP contribution is 2.35. The van der Waals surface area contributed by atoms with Gasteiger partial charge in [0.25, 0.3) is 5.91 Å². The Balaban J connectivity index is 1.44. The molecule has 2 bridgehead atoms. The van der Waals surface area contributed by atoms with Crippen LogP contribution in [-0.4, -0.2) is 46.4 Å². The van der Waals surface area contributed by atoms with Crippen LogP contribution in [0.15, 0.2) is 72.6 Å². The molecule has 1 N–H and O–H groups in total. The van der Waals surface area contributed by atoms with E-state index < -0.39 is 0 Å². The minimum atomic E-state index is 0.112. The standard InChI is InChI=1S/C25H27N3O/c1-27-20-11-12-21(27)16-22(15-20)28(25(29)18-7-3-2-4-8-18)14-13-19-17-26-24-10-6-5-9-23(19)24/h2-10,15,17,20-21,26H,11-14,16H2,1H3/t20-,21+/m0/s1. The molecule has 2 aromatic carbocycles. The van der Waals surface area contributed by atoms with E-state index in [9.17, 15) is 4.79 Å². The van der Waals surface area contributed by atoms with E-state index in [1.807, 2.05) is 41.3 Å². The number of hydrogen-bond donors (Lipinski definition) is 1. The molecule has 4 nitrogen and oxygen atoms in total. The van der Waals surface area contributed by atoms with Gasteiger partial charge in [-0.05, 0) is 56.1 Å². The molecule has 0 radical (unpaired) electrons. The summed E-state index contributed by atoms with van der Waals surface area (Å²) in [4.78, 5) is 21.3. The van der Waals surface area contributed by atoms with Gasteiger partial charge in [0.15, 0.2) is 0 Å².